The number of nitrogens with zero attached hydrogens (tertiary/aromatic N) is 2. The molecule has 0 atom stereocenters. The minimum Gasteiger partial charge on any atom is -0.410 e. The van der Waals surface area contributed by atoms with E-state index in [1.54, 1.807) is 0 Å². The third-order valence-electron chi connectivity index (χ3n) is 2.50. The topological polar surface area (TPSA) is 62.5 Å². The van der Waals surface area contributed by atoms with Crippen molar-refractivity contribution < 1.29 is 14.4 Å². The van der Waals surface area contributed by atoms with Crippen molar-refractivity contribution in [3.63, 3.8) is 0 Å². The van der Waals surface area contributed by atoms with Crippen molar-refractivity contribution >= 4 is 34.7 Å². The summed E-state index contributed by atoms with van der Waals surface area (Å²) in [6.45, 7) is 0. The van der Waals surface area contributed by atoms with E-state index in [9.17, 15) is 9.18 Å². The number of hydrogen-bond acceptors (Lipinski definition) is 4. The minimum atomic E-state index is -0.786. The molecule has 0 saturated carbocycles. The zero-order valence-corrected chi connectivity index (χ0v) is 11.4. The highest BCUT2D eigenvalue weighted by molar-refractivity contribution is 6.52. The Balaban J connectivity index is 2.42. The van der Waals surface area contributed by atoms with Crippen LogP contribution in [-0.4, -0.2) is 21.7 Å². The Kier molecular flexibility index (Phi) is 4.32. The molecule has 0 bridgehead atoms. The molecule has 2 rings (SSSR count). The van der Waals surface area contributed by atoms with Crippen LogP contribution in [0.1, 0.15) is 15.9 Å². The number of aromatic nitrogens is 1. The molecule has 20 heavy (non-hydrogen) atoms. The average Bonchev–Trinajstić information content (AvgIpc) is 2.42. The minimum absolute atomic E-state index is 0.107. The van der Waals surface area contributed by atoms with E-state index in [2.05, 4.69) is 10.1 Å². The van der Waals surface area contributed by atoms with Crippen molar-refractivity contribution in [3.05, 3.63) is 63.6 Å². The Labute approximate surface area is 123 Å². The van der Waals surface area contributed by atoms with E-state index in [0.717, 1.165) is 12.3 Å². The average molecular weight is 313 g/mol. The summed E-state index contributed by atoms with van der Waals surface area (Å²) in [4.78, 5) is 15.6. The molecule has 0 unspecified atom stereocenters. The van der Waals surface area contributed by atoms with Crippen LogP contribution < -0.4 is 0 Å². The lowest BCUT2D eigenvalue weighted by atomic mass is 10.0. The Morgan fingerprint density at radius 1 is 1.15 bits per heavy atom. The maximum Gasteiger partial charge on any atom is 0.215 e. The molecule has 0 aliphatic rings. The largest absolute Gasteiger partial charge is 0.410 e. The van der Waals surface area contributed by atoms with E-state index in [4.69, 9.17) is 28.4 Å². The van der Waals surface area contributed by atoms with Crippen LogP contribution in [0, 0.1) is 5.95 Å². The molecule has 2 aromatic rings. The third-order valence-corrected chi connectivity index (χ3v) is 3.24. The van der Waals surface area contributed by atoms with Crippen molar-refractivity contribution in [2.45, 2.75) is 0 Å². The number of halogens is 3. The van der Waals surface area contributed by atoms with Crippen LogP contribution in [0.4, 0.5) is 4.39 Å². The third kappa shape index (κ3) is 2.95. The second kappa shape index (κ2) is 5.98. The number of Topliss-reactive ketones (excluding diaryl/α,β-unsaturated/α-hetero) is 1. The van der Waals surface area contributed by atoms with Gasteiger partial charge >= 0.3 is 0 Å². The van der Waals surface area contributed by atoms with Crippen molar-refractivity contribution in [3.8, 4) is 0 Å². The van der Waals surface area contributed by atoms with Crippen molar-refractivity contribution in [1.82, 2.24) is 4.98 Å². The number of hydrogen-bond donors (Lipinski definition) is 1. The number of pyridine rings is 1. The van der Waals surface area contributed by atoms with Gasteiger partial charge in [-0.25, -0.2) is 4.98 Å². The molecule has 0 saturated heterocycles. The van der Waals surface area contributed by atoms with Crippen molar-refractivity contribution in [1.29, 1.82) is 0 Å². The molecule has 7 heteroatoms. The number of rotatable bonds is 3. The summed E-state index contributed by atoms with van der Waals surface area (Å²) in [5.74, 6) is -1.40. The highest BCUT2D eigenvalue weighted by atomic mass is 35.5. The van der Waals surface area contributed by atoms with E-state index in [1.165, 1.54) is 24.3 Å². The summed E-state index contributed by atoms with van der Waals surface area (Å²) < 4.78 is 13.0. The lowest BCUT2D eigenvalue weighted by Crippen LogP contribution is -2.16. The first-order valence-electron chi connectivity index (χ1n) is 5.36. The van der Waals surface area contributed by atoms with Gasteiger partial charge in [0, 0.05) is 23.4 Å². The number of carbonyl (C=O) groups is 1. The van der Waals surface area contributed by atoms with Crippen LogP contribution in [0.25, 0.3) is 0 Å². The molecule has 1 N–H and O–H groups in total. The molecule has 1 aromatic heterocycles. The van der Waals surface area contributed by atoms with E-state index >= 15 is 0 Å². The number of carbonyl (C=O) groups excluding carboxylic acids is 1. The highest BCUT2D eigenvalue weighted by Crippen LogP contribution is 2.23. The van der Waals surface area contributed by atoms with Crippen molar-refractivity contribution in [2.24, 2.45) is 5.16 Å². The molecule has 0 amide bonds. The number of ketones is 1. The van der Waals surface area contributed by atoms with Gasteiger partial charge in [0.2, 0.25) is 11.7 Å². The molecule has 0 fully saturated rings. The maximum atomic E-state index is 13.0. The molecular formula is C13H7Cl2FN2O2. The Morgan fingerprint density at radius 2 is 1.90 bits per heavy atom. The second-order valence-electron chi connectivity index (χ2n) is 3.77. The SMILES string of the molecule is O=C(/C(=N/O)c1ccnc(F)c1)c1ccc(Cl)c(Cl)c1. The fraction of sp³-hybridized carbons (Fsp3) is 0. The normalized spacial score (nSPS) is 11.4. The van der Waals surface area contributed by atoms with Crippen LogP contribution in [0.5, 0.6) is 0 Å². The summed E-state index contributed by atoms with van der Waals surface area (Å²) in [6.07, 6.45) is 1.16. The van der Waals surface area contributed by atoms with Gasteiger partial charge in [0.1, 0.15) is 0 Å². The molecule has 1 aromatic carbocycles. The quantitative estimate of drug-likeness (QED) is 0.310. The molecule has 4 nitrogen and oxygen atoms in total. The summed E-state index contributed by atoms with van der Waals surface area (Å²) in [6, 6.07) is 6.56. The first-order valence-corrected chi connectivity index (χ1v) is 6.12. The molecule has 0 aliphatic heterocycles. The molecule has 0 radical (unpaired) electrons. The van der Waals surface area contributed by atoms with Crippen molar-refractivity contribution in [2.75, 3.05) is 0 Å². The monoisotopic (exact) mass is 312 g/mol. The van der Waals surface area contributed by atoms with Gasteiger partial charge in [-0.3, -0.25) is 4.79 Å². The van der Waals surface area contributed by atoms with Gasteiger partial charge in [0.05, 0.1) is 10.0 Å². The zero-order valence-electron chi connectivity index (χ0n) is 9.85. The summed E-state index contributed by atoms with van der Waals surface area (Å²) in [5.41, 5.74) is -0.0369. The standard InChI is InChI=1S/C13H7Cl2FN2O2/c14-9-2-1-8(5-10(9)15)13(19)12(18-20)7-3-4-17-11(16)6-7/h1-6,20H/b18-12+. The molecule has 1 heterocycles. The van der Waals surface area contributed by atoms with Gasteiger partial charge in [0.15, 0.2) is 5.71 Å². The van der Waals surface area contributed by atoms with E-state index in [0.29, 0.717) is 5.02 Å². The van der Waals surface area contributed by atoms with Gasteiger partial charge in [-0.1, -0.05) is 28.4 Å². The molecule has 0 spiro atoms. The van der Waals surface area contributed by atoms with Crippen LogP contribution in [0.3, 0.4) is 0 Å². The first-order chi connectivity index (χ1) is 9.52. The van der Waals surface area contributed by atoms with Gasteiger partial charge < -0.3 is 5.21 Å². The van der Waals surface area contributed by atoms with Gasteiger partial charge in [0.25, 0.3) is 0 Å². The first kappa shape index (κ1) is 14.4. The van der Waals surface area contributed by atoms with Gasteiger partial charge in [-0.05, 0) is 24.3 Å². The Bertz CT molecular complexity index is 705. The summed E-state index contributed by atoms with van der Waals surface area (Å²) in [5, 5.41) is 12.4. The molecule has 0 aliphatic carbocycles. The summed E-state index contributed by atoms with van der Waals surface area (Å²) >= 11 is 11.6. The zero-order chi connectivity index (χ0) is 14.7. The smallest absolute Gasteiger partial charge is 0.215 e. The van der Waals surface area contributed by atoms with E-state index < -0.39 is 11.7 Å². The van der Waals surface area contributed by atoms with Crippen LogP contribution in [0.15, 0.2) is 41.7 Å². The fourth-order valence-corrected chi connectivity index (χ4v) is 1.86. The molecular weight excluding hydrogens is 306 g/mol. The predicted octanol–water partition coefficient (Wildman–Crippen LogP) is 3.59. The number of benzene rings is 1. The van der Waals surface area contributed by atoms with Crippen LogP contribution >= 0.6 is 23.2 Å². The Morgan fingerprint density at radius 3 is 2.50 bits per heavy atom. The van der Waals surface area contributed by atoms with Gasteiger partial charge in [-0.15, -0.1) is 0 Å². The second-order valence-corrected chi connectivity index (χ2v) is 4.59. The molecule has 102 valence electrons. The number of oxime groups is 1. The van der Waals surface area contributed by atoms with E-state index in [1.807, 2.05) is 0 Å². The maximum absolute atomic E-state index is 13.0. The predicted molar refractivity (Wildman–Crippen MR) is 73.3 cm³/mol. The van der Waals surface area contributed by atoms with E-state index in [-0.39, 0.29) is 21.9 Å². The van der Waals surface area contributed by atoms with Crippen LogP contribution in [-0.2, 0) is 0 Å². The highest BCUT2D eigenvalue weighted by Gasteiger charge is 2.18. The lowest BCUT2D eigenvalue weighted by Gasteiger charge is -2.05. The fourth-order valence-electron chi connectivity index (χ4n) is 1.56. The van der Waals surface area contributed by atoms with Crippen LogP contribution in [0.2, 0.25) is 10.0 Å². The van der Waals surface area contributed by atoms with Gasteiger partial charge in [-0.2, -0.15) is 4.39 Å². The lowest BCUT2D eigenvalue weighted by molar-refractivity contribution is 0.106. The summed E-state index contributed by atoms with van der Waals surface area (Å²) in [7, 11) is 0. The Hall–Kier alpha value is -1.98.